The van der Waals surface area contributed by atoms with Crippen LogP contribution in [0, 0.1) is 5.92 Å². The molecule has 1 amide bonds. The highest BCUT2D eigenvalue weighted by Gasteiger charge is 2.14. The van der Waals surface area contributed by atoms with E-state index in [2.05, 4.69) is 41.1 Å². The summed E-state index contributed by atoms with van der Waals surface area (Å²) < 4.78 is 2.19. The Morgan fingerprint density at radius 1 is 1.30 bits per heavy atom. The number of amides is 1. The van der Waals surface area contributed by atoms with Gasteiger partial charge in [0, 0.05) is 25.0 Å². The minimum absolute atomic E-state index is 0.0755. The number of nitrogens with zero attached hydrogens (tertiary/aromatic N) is 2. The molecule has 0 saturated heterocycles. The number of benzene rings is 1. The Labute approximate surface area is 137 Å². The summed E-state index contributed by atoms with van der Waals surface area (Å²) in [6, 6.07) is 7.98. The Balaban J connectivity index is 2.09. The van der Waals surface area contributed by atoms with Gasteiger partial charge in [0.1, 0.15) is 0 Å². The molecule has 1 unspecified atom stereocenters. The molecule has 5 nitrogen and oxygen atoms in total. The molecule has 0 saturated carbocycles. The fraction of sp³-hybridized carbons (Fsp3) is 0.500. The summed E-state index contributed by atoms with van der Waals surface area (Å²) in [5.41, 5.74) is 1.87. The molecule has 0 fully saturated rings. The summed E-state index contributed by atoms with van der Waals surface area (Å²) in [5.74, 6) is -0.0801. The molecule has 5 heteroatoms. The number of likely N-dealkylation sites (N-methyl/N-ethyl adjacent to an activating group) is 1. The van der Waals surface area contributed by atoms with E-state index in [4.69, 9.17) is 0 Å². The Morgan fingerprint density at radius 3 is 2.70 bits per heavy atom. The first-order valence-corrected chi connectivity index (χ1v) is 8.08. The van der Waals surface area contributed by atoms with Crippen LogP contribution in [0.15, 0.2) is 30.5 Å². The Bertz CT molecular complexity index is 661. The first-order valence-electron chi connectivity index (χ1n) is 8.08. The van der Waals surface area contributed by atoms with Crippen LogP contribution in [0.25, 0.3) is 10.9 Å². The van der Waals surface area contributed by atoms with Crippen molar-refractivity contribution >= 4 is 22.5 Å². The number of aromatic nitrogens is 1. The second-order valence-corrected chi connectivity index (χ2v) is 6.65. The second-order valence-electron chi connectivity index (χ2n) is 6.65. The summed E-state index contributed by atoms with van der Waals surface area (Å²) in [7, 11) is 4.11. The van der Waals surface area contributed by atoms with Gasteiger partial charge in [-0.05, 0) is 43.6 Å². The molecule has 2 aromatic rings. The zero-order valence-electron chi connectivity index (χ0n) is 14.4. The zero-order chi connectivity index (χ0) is 17.0. The molecule has 1 aromatic heterocycles. The van der Waals surface area contributed by atoms with Gasteiger partial charge in [-0.25, -0.2) is 0 Å². The van der Waals surface area contributed by atoms with Crippen molar-refractivity contribution in [2.75, 3.05) is 26.0 Å². The molecular formula is C18H27N3O2. The van der Waals surface area contributed by atoms with E-state index in [1.807, 2.05) is 32.0 Å². The molecule has 0 spiro atoms. The summed E-state index contributed by atoms with van der Waals surface area (Å²) >= 11 is 0. The van der Waals surface area contributed by atoms with Crippen molar-refractivity contribution in [2.24, 2.45) is 5.92 Å². The van der Waals surface area contributed by atoms with Gasteiger partial charge in [-0.1, -0.05) is 19.9 Å². The van der Waals surface area contributed by atoms with E-state index in [-0.39, 0.29) is 18.2 Å². The maximum atomic E-state index is 12.0. The largest absolute Gasteiger partial charge is 0.392 e. The molecule has 2 rings (SSSR count). The van der Waals surface area contributed by atoms with Gasteiger partial charge in [0.05, 0.1) is 18.0 Å². The van der Waals surface area contributed by atoms with Crippen molar-refractivity contribution in [1.29, 1.82) is 0 Å². The summed E-state index contributed by atoms with van der Waals surface area (Å²) in [6.45, 7) is 5.67. The summed E-state index contributed by atoms with van der Waals surface area (Å²) in [4.78, 5) is 14.2. The van der Waals surface area contributed by atoms with Crippen LogP contribution in [0.1, 0.15) is 20.3 Å². The van der Waals surface area contributed by atoms with Gasteiger partial charge >= 0.3 is 0 Å². The molecule has 1 aromatic carbocycles. The van der Waals surface area contributed by atoms with E-state index in [9.17, 15) is 9.90 Å². The minimum Gasteiger partial charge on any atom is -0.392 e. The number of aliphatic hydroxyl groups is 1. The van der Waals surface area contributed by atoms with Crippen LogP contribution in [0.5, 0.6) is 0 Å². The molecular weight excluding hydrogens is 290 g/mol. The van der Waals surface area contributed by atoms with Crippen LogP contribution < -0.4 is 5.32 Å². The topological polar surface area (TPSA) is 57.5 Å². The third-order valence-electron chi connectivity index (χ3n) is 4.01. The number of hydrogen-bond acceptors (Lipinski definition) is 3. The fourth-order valence-corrected chi connectivity index (χ4v) is 2.40. The van der Waals surface area contributed by atoms with Gasteiger partial charge in [0.25, 0.3) is 0 Å². The van der Waals surface area contributed by atoms with Crippen molar-refractivity contribution in [3.05, 3.63) is 30.5 Å². The van der Waals surface area contributed by atoms with Crippen LogP contribution in [0.4, 0.5) is 5.69 Å². The van der Waals surface area contributed by atoms with Gasteiger partial charge in [-0.15, -0.1) is 0 Å². The highest BCUT2D eigenvalue weighted by molar-refractivity contribution is 5.94. The van der Waals surface area contributed by atoms with E-state index in [1.165, 1.54) is 0 Å². The predicted molar refractivity (Wildman–Crippen MR) is 94.6 cm³/mol. The number of rotatable bonds is 7. The van der Waals surface area contributed by atoms with Crippen molar-refractivity contribution < 1.29 is 9.90 Å². The van der Waals surface area contributed by atoms with Gasteiger partial charge < -0.3 is 19.9 Å². The first kappa shape index (κ1) is 17.5. The summed E-state index contributed by atoms with van der Waals surface area (Å²) in [5, 5.41) is 13.8. The minimum atomic E-state index is -0.609. The third-order valence-corrected chi connectivity index (χ3v) is 4.01. The molecule has 126 valence electrons. The molecule has 1 atom stereocenters. The number of anilines is 1. The highest BCUT2D eigenvalue weighted by Crippen LogP contribution is 2.21. The smallest absolute Gasteiger partial charge is 0.226 e. The lowest BCUT2D eigenvalue weighted by Crippen LogP contribution is -2.23. The SMILES string of the molecule is CC(C)C(O)CC(=O)Nc1ccc2ccn(CCN(C)C)c2c1. The fourth-order valence-electron chi connectivity index (χ4n) is 2.40. The van der Waals surface area contributed by atoms with Crippen molar-refractivity contribution in [1.82, 2.24) is 9.47 Å². The van der Waals surface area contributed by atoms with Gasteiger partial charge in [-0.2, -0.15) is 0 Å². The molecule has 0 aliphatic rings. The number of carbonyl (C=O) groups excluding carboxylic acids is 1. The highest BCUT2D eigenvalue weighted by atomic mass is 16.3. The normalized spacial score (nSPS) is 13.0. The summed E-state index contributed by atoms with van der Waals surface area (Å²) in [6.07, 6.45) is 1.59. The second kappa shape index (κ2) is 7.62. The van der Waals surface area contributed by atoms with Crippen LogP contribution in [-0.2, 0) is 11.3 Å². The standard InChI is InChI=1S/C18H27N3O2/c1-13(2)17(22)12-18(23)19-15-6-5-14-7-8-21(16(14)11-15)10-9-20(3)4/h5-8,11,13,17,22H,9-10,12H2,1-4H3,(H,19,23). The average Bonchev–Trinajstić information content (AvgIpc) is 2.87. The van der Waals surface area contributed by atoms with E-state index in [1.54, 1.807) is 0 Å². The van der Waals surface area contributed by atoms with E-state index in [0.29, 0.717) is 0 Å². The lowest BCUT2D eigenvalue weighted by Gasteiger charge is -2.14. The third kappa shape index (κ3) is 4.81. The van der Waals surface area contributed by atoms with Crippen molar-refractivity contribution in [3.8, 4) is 0 Å². The average molecular weight is 317 g/mol. The monoisotopic (exact) mass is 317 g/mol. The number of fused-ring (bicyclic) bond motifs is 1. The Kier molecular flexibility index (Phi) is 5.80. The molecule has 0 bridgehead atoms. The molecule has 1 heterocycles. The lowest BCUT2D eigenvalue weighted by atomic mass is 10.0. The van der Waals surface area contributed by atoms with E-state index >= 15 is 0 Å². The van der Waals surface area contributed by atoms with Gasteiger partial charge in [0.15, 0.2) is 0 Å². The Hall–Kier alpha value is -1.85. The first-order chi connectivity index (χ1) is 10.9. The van der Waals surface area contributed by atoms with Crippen LogP contribution in [0.2, 0.25) is 0 Å². The maximum absolute atomic E-state index is 12.0. The number of nitrogens with one attached hydrogen (secondary N) is 1. The van der Waals surface area contributed by atoms with Crippen LogP contribution in [0.3, 0.4) is 0 Å². The van der Waals surface area contributed by atoms with Crippen LogP contribution >= 0.6 is 0 Å². The molecule has 2 N–H and O–H groups in total. The van der Waals surface area contributed by atoms with Gasteiger partial charge in [-0.3, -0.25) is 4.79 Å². The van der Waals surface area contributed by atoms with Crippen molar-refractivity contribution in [3.63, 3.8) is 0 Å². The quantitative estimate of drug-likeness (QED) is 0.825. The van der Waals surface area contributed by atoms with Crippen LogP contribution in [-0.4, -0.2) is 47.2 Å². The molecule has 0 aliphatic carbocycles. The molecule has 0 aliphatic heterocycles. The number of carbonyl (C=O) groups is 1. The Morgan fingerprint density at radius 2 is 2.04 bits per heavy atom. The van der Waals surface area contributed by atoms with Crippen molar-refractivity contribution in [2.45, 2.75) is 32.9 Å². The molecule has 0 radical (unpaired) electrons. The van der Waals surface area contributed by atoms with E-state index in [0.717, 1.165) is 29.7 Å². The number of hydrogen-bond donors (Lipinski definition) is 2. The lowest BCUT2D eigenvalue weighted by molar-refractivity contribution is -0.118. The predicted octanol–water partition coefficient (Wildman–Crippen LogP) is 2.55. The maximum Gasteiger partial charge on any atom is 0.226 e. The zero-order valence-corrected chi connectivity index (χ0v) is 14.4. The van der Waals surface area contributed by atoms with Gasteiger partial charge in [0.2, 0.25) is 5.91 Å². The number of aliphatic hydroxyl groups excluding tert-OH is 1. The van der Waals surface area contributed by atoms with E-state index < -0.39 is 6.10 Å². The molecule has 23 heavy (non-hydrogen) atoms.